The Morgan fingerprint density at radius 2 is 2.19 bits per heavy atom. The second-order valence-electron chi connectivity index (χ2n) is 6.55. The number of rotatable bonds is 2. The molecule has 0 spiro atoms. The number of nitrogens with zero attached hydrogens (tertiary/aromatic N) is 3. The Morgan fingerprint density at radius 3 is 3.04 bits per heavy atom. The zero-order valence-corrected chi connectivity index (χ0v) is 14.7. The molecule has 4 heterocycles. The quantitative estimate of drug-likeness (QED) is 0.747. The Kier molecular flexibility index (Phi) is 3.61. The van der Waals surface area contributed by atoms with Crippen LogP contribution >= 0.6 is 11.3 Å². The molecule has 2 aromatic heterocycles. The van der Waals surface area contributed by atoms with E-state index in [0.29, 0.717) is 31.0 Å². The van der Waals surface area contributed by atoms with E-state index in [1.165, 1.54) is 11.3 Å². The fourth-order valence-corrected chi connectivity index (χ4v) is 4.34. The number of benzene rings is 1. The summed E-state index contributed by atoms with van der Waals surface area (Å²) in [4.78, 5) is 19.6. The van der Waals surface area contributed by atoms with Gasteiger partial charge in [0.2, 0.25) is 6.79 Å². The average Bonchev–Trinajstić information content (AvgIpc) is 3.35. The van der Waals surface area contributed by atoms with Gasteiger partial charge < -0.3 is 19.5 Å². The van der Waals surface area contributed by atoms with E-state index in [4.69, 9.17) is 9.47 Å². The number of fused-ring (bicyclic) bond motifs is 2. The zero-order valence-electron chi connectivity index (χ0n) is 13.9. The molecule has 1 aromatic carbocycles. The molecule has 0 aliphatic carbocycles. The SMILES string of the molecule is O=C(c1cn2ccsc2n1)N1CC[C@@H](c2ccc3c(c2)OCO3)[C@H](O)C1. The topological polar surface area (TPSA) is 76.3 Å². The Labute approximate surface area is 153 Å². The van der Waals surface area contributed by atoms with Crippen LogP contribution in [0.1, 0.15) is 28.4 Å². The number of ether oxygens (including phenoxy) is 2. The van der Waals surface area contributed by atoms with Gasteiger partial charge >= 0.3 is 0 Å². The first-order valence-corrected chi connectivity index (χ1v) is 9.36. The second kappa shape index (κ2) is 6.00. The lowest BCUT2D eigenvalue weighted by atomic mass is 9.87. The maximum Gasteiger partial charge on any atom is 0.274 e. The molecule has 1 N–H and O–H groups in total. The second-order valence-corrected chi connectivity index (χ2v) is 7.42. The molecule has 0 radical (unpaired) electrons. The van der Waals surface area contributed by atoms with Gasteiger partial charge in [0.15, 0.2) is 16.5 Å². The Morgan fingerprint density at radius 1 is 1.31 bits per heavy atom. The molecular formula is C18H17N3O4S. The predicted octanol–water partition coefficient (Wildman–Crippen LogP) is 2.12. The number of likely N-dealkylation sites (tertiary alicyclic amines) is 1. The minimum absolute atomic E-state index is 0.0287. The molecule has 7 nitrogen and oxygen atoms in total. The van der Waals surface area contributed by atoms with Crippen molar-refractivity contribution in [3.05, 3.63) is 47.2 Å². The Bertz CT molecular complexity index is 953. The monoisotopic (exact) mass is 371 g/mol. The van der Waals surface area contributed by atoms with Crippen molar-refractivity contribution in [1.82, 2.24) is 14.3 Å². The molecule has 0 saturated carbocycles. The molecule has 2 atom stereocenters. The van der Waals surface area contributed by atoms with E-state index in [2.05, 4.69) is 4.98 Å². The third-order valence-electron chi connectivity index (χ3n) is 5.01. The first-order chi connectivity index (χ1) is 12.7. The number of hydrogen-bond acceptors (Lipinski definition) is 6. The summed E-state index contributed by atoms with van der Waals surface area (Å²) in [5.41, 5.74) is 1.43. The van der Waals surface area contributed by atoms with Gasteiger partial charge in [0.1, 0.15) is 5.69 Å². The lowest BCUT2D eigenvalue weighted by Gasteiger charge is -2.36. The number of hydrogen-bond donors (Lipinski definition) is 1. The summed E-state index contributed by atoms with van der Waals surface area (Å²) in [7, 11) is 0. The highest BCUT2D eigenvalue weighted by atomic mass is 32.1. The summed E-state index contributed by atoms with van der Waals surface area (Å²) >= 11 is 1.49. The molecule has 8 heteroatoms. The molecule has 3 aromatic rings. The van der Waals surface area contributed by atoms with Crippen molar-refractivity contribution in [2.45, 2.75) is 18.4 Å². The maximum absolute atomic E-state index is 12.7. The predicted molar refractivity (Wildman–Crippen MR) is 94.9 cm³/mol. The van der Waals surface area contributed by atoms with Gasteiger partial charge in [-0.05, 0) is 24.1 Å². The number of carbonyl (C=O) groups excluding carboxylic acids is 1. The molecule has 134 valence electrons. The average molecular weight is 371 g/mol. The molecule has 1 saturated heterocycles. The Hall–Kier alpha value is -2.58. The van der Waals surface area contributed by atoms with Gasteiger partial charge in [0, 0.05) is 36.8 Å². The highest BCUT2D eigenvalue weighted by molar-refractivity contribution is 7.15. The van der Waals surface area contributed by atoms with Crippen molar-refractivity contribution >= 4 is 22.2 Å². The maximum atomic E-state index is 12.7. The van der Waals surface area contributed by atoms with E-state index in [9.17, 15) is 9.90 Å². The normalized spacial score (nSPS) is 22.1. The van der Waals surface area contributed by atoms with Crippen LogP contribution in [0.15, 0.2) is 36.0 Å². The van der Waals surface area contributed by atoms with E-state index in [1.807, 2.05) is 34.2 Å². The van der Waals surface area contributed by atoms with Crippen LogP contribution in [0.5, 0.6) is 11.5 Å². The van der Waals surface area contributed by atoms with Gasteiger partial charge in [0.05, 0.1) is 6.10 Å². The number of aromatic nitrogens is 2. The number of carbonyl (C=O) groups is 1. The fourth-order valence-electron chi connectivity index (χ4n) is 3.64. The Balaban J connectivity index is 1.32. The molecule has 0 bridgehead atoms. The van der Waals surface area contributed by atoms with Crippen molar-refractivity contribution < 1.29 is 19.4 Å². The van der Waals surface area contributed by atoms with Crippen LogP contribution in [0.4, 0.5) is 0 Å². The van der Waals surface area contributed by atoms with Gasteiger partial charge in [-0.1, -0.05) is 6.07 Å². The fraction of sp³-hybridized carbons (Fsp3) is 0.333. The van der Waals surface area contributed by atoms with E-state index in [-0.39, 0.29) is 18.6 Å². The molecule has 1 fully saturated rings. The van der Waals surface area contributed by atoms with Crippen LogP contribution < -0.4 is 9.47 Å². The van der Waals surface area contributed by atoms with Gasteiger partial charge in [-0.3, -0.25) is 9.20 Å². The first-order valence-electron chi connectivity index (χ1n) is 8.48. The van der Waals surface area contributed by atoms with Crippen molar-refractivity contribution in [2.75, 3.05) is 19.9 Å². The molecule has 0 unspecified atom stereocenters. The summed E-state index contributed by atoms with van der Waals surface area (Å²) in [5, 5.41) is 12.6. The summed E-state index contributed by atoms with van der Waals surface area (Å²) in [6.45, 7) is 1.11. The number of aliphatic hydroxyl groups excluding tert-OH is 1. The smallest absolute Gasteiger partial charge is 0.274 e. The van der Waals surface area contributed by atoms with E-state index < -0.39 is 6.10 Å². The van der Waals surface area contributed by atoms with Gasteiger partial charge in [-0.15, -0.1) is 11.3 Å². The largest absolute Gasteiger partial charge is 0.454 e. The molecule has 2 aliphatic rings. The van der Waals surface area contributed by atoms with Crippen molar-refractivity contribution in [1.29, 1.82) is 0 Å². The van der Waals surface area contributed by atoms with Crippen LogP contribution in [0.3, 0.4) is 0 Å². The van der Waals surface area contributed by atoms with Gasteiger partial charge in [-0.25, -0.2) is 4.98 Å². The third-order valence-corrected chi connectivity index (χ3v) is 5.78. The van der Waals surface area contributed by atoms with Crippen molar-refractivity contribution in [3.63, 3.8) is 0 Å². The lowest BCUT2D eigenvalue weighted by molar-refractivity contribution is 0.0378. The van der Waals surface area contributed by atoms with E-state index >= 15 is 0 Å². The lowest BCUT2D eigenvalue weighted by Crippen LogP contribution is -2.45. The standard InChI is InChI=1S/C18H17N3O4S/c22-14-9-20(17(23)13-8-21-5-6-26-18(21)19-13)4-3-12(14)11-1-2-15-16(7-11)25-10-24-15/h1-2,5-8,12,14,22H,3-4,9-10H2/t12-,14+/m0/s1. The molecule has 2 aliphatic heterocycles. The first kappa shape index (κ1) is 15.7. The van der Waals surface area contributed by atoms with E-state index in [0.717, 1.165) is 16.3 Å². The molecule has 1 amide bonds. The van der Waals surface area contributed by atoms with Gasteiger partial charge in [0.25, 0.3) is 5.91 Å². The molecule has 26 heavy (non-hydrogen) atoms. The number of piperidine rings is 1. The zero-order chi connectivity index (χ0) is 17.7. The number of aliphatic hydroxyl groups is 1. The number of thiazole rings is 1. The van der Waals surface area contributed by atoms with Crippen LogP contribution in [0.2, 0.25) is 0 Å². The minimum Gasteiger partial charge on any atom is -0.454 e. The summed E-state index contributed by atoms with van der Waals surface area (Å²) < 4.78 is 12.6. The highest BCUT2D eigenvalue weighted by Crippen LogP contribution is 2.37. The van der Waals surface area contributed by atoms with Gasteiger partial charge in [-0.2, -0.15) is 0 Å². The number of amides is 1. The number of imidazole rings is 1. The van der Waals surface area contributed by atoms with Crippen LogP contribution in [0.25, 0.3) is 4.96 Å². The molecular weight excluding hydrogens is 354 g/mol. The number of β-amino-alcohol motifs (C(OH)–C–C–N with tert-alkyl or cyclic N) is 1. The van der Waals surface area contributed by atoms with E-state index in [1.54, 1.807) is 11.1 Å². The molecule has 5 rings (SSSR count). The summed E-state index contributed by atoms with van der Waals surface area (Å²) in [6.07, 6.45) is 3.68. The summed E-state index contributed by atoms with van der Waals surface area (Å²) in [6, 6.07) is 5.76. The van der Waals surface area contributed by atoms with Crippen molar-refractivity contribution in [2.24, 2.45) is 0 Å². The van der Waals surface area contributed by atoms with Crippen LogP contribution in [0, 0.1) is 0 Å². The summed E-state index contributed by atoms with van der Waals surface area (Å²) in [5.74, 6) is 1.28. The highest BCUT2D eigenvalue weighted by Gasteiger charge is 2.33. The van der Waals surface area contributed by atoms with Crippen LogP contribution in [-0.4, -0.2) is 51.3 Å². The third kappa shape index (κ3) is 2.53. The van der Waals surface area contributed by atoms with Crippen molar-refractivity contribution in [3.8, 4) is 11.5 Å². The van der Waals surface area contributed by atoms with Crippen LogP contribution in [-0.2, 0) is 0 Å². The minimum atomic E-state index is -0.628.